The summed E-state index contributed by atoms with van der Waals surface area (Å²) < 4.78 is 31.8. The molecule has 0 unspecified atom stereocenters. The summed E-state index contributed by atoms with van der Waals surface area (Å²) in [6.07, 6.45) is 26.6. The largest absolute Gasteiger partial charge is 1.00 e. The number of carbonyl (C=O) groups is 1. The van der Waals surface area contributed by atoms with Gasteiger partial charge in [0.25, 0.3) is 0 Å². The zero-order chi connectivity index (χ0) is 23.2. The van der Waals surface area contributed by atoms with E-state index in [-0.39, 0.29) is 42.0 Å². The second kappa shape index (κ2) is 24.3. The van der Waals surface area contributed by atoms with Crippen LogP contribution in [0.4, 0.5) is 0 Å². The van der Waals surface area contributed by atoms with Gasteiger partial charge < -0.3 is 9.45 Å². The van der Waals surface area contributed by atoms with Crippen molar-refractivity contribution < 1.29 is 47.3 Å². The van der Waals surface area contributed by atoms with E-state index in [9.17, 15) is 17.8 Å². The molecule has 32 heavy (non-hydrogen) atoms. The minimum atomic E-state index is -4.25. The van der Waals surface area contributed by atoms with E-state index in [0.717, 1.165) is 19.3 Å². The number of carbonyl (C=O) groups excluding carboxylic acids is 1. The molecule has 0 aromatic carbocycles. The second-order valence-electron chi connectivity index (χ2n) is 8.83. The van der Waals surface area contributed by atoms with Gasteiger partial charge in [-0.3, -0.25) is 4.79 Å². The molecule has 0 aliphatic heterocycles. The first kappa shape index (κ1) is 34.3. The van der Waals surface area contributed by atoms with E-state index in [2.05, 4.69) is 19.1 Å². The number of unbranched alkanes of at least 4 members (excludes halogenated alkanes) is 15. The molecule has 0 rings (SSSR count). The number of amides is 1. The number of rotatable bonds is 22. The predicted octanol–water partition coefficient (Wildman–Crippen LogP) is 3.59. The Morgan fingerprint density at radius 2 is 1.16 bits per heavy atom. The molecule has 0 aliphatic rings. The normalized spacial score (nSPS) is 11.6. The van der Waals surface area contributed by atoms with Gasteiger partial charge in [0.15, 0.2) is 0 Å². The molecule has 0 bridgehead atoms. The van der Waals surface area contributed by atoms with Gasteiger partial charge >= 0.3 is 29.6 Å². The molecule has 7 heteroatoms. The Morgan fingerprint density at radius 1 is 0.750 bits per heavy atom. The van der Waals surface area contributed by atoms with Crippen LogP contribution in [0.3, 0.4) is 0 Å². The minimum absolute atomic E-state index is 0. The van der Waals surface area contributed by atoms with Crippen molar-refractivity contribution in [3.05, 3.63) is 12.2 Å². The van der Waals surface area contributed by atoms with Crippen molar-refractivity contribution in [2.45, 2.75) is 122 Å². The number of allylic oxidation sites excluding steroid dienone is 2. The van der Waals surface area contributed by atoms with Gasteiger partial charge in [-0.05, 0) is 32.1 Å². The SMILES string of the molecule is CCCCCCCC/C=C/CCCCCCCCCCCC(=O)N(C)CCS(=O)(=O)[O-].[Na+]. The zero-order valence-corrected chi connectivity index (χ0v) is 24.1. The number of nitrogens with zero attached hydrogens (tertiary/aromatic N) is 1. The molecule has 0 saturated carbocycles. The average molecular weight is 482 g/mol. The average Bonchev–Trinajstić information content (AvgIpc) is 2.72. The molecule has 0 aromatic heterocycles. The third-order valence-corrected chi connectivity index (χ3v) is 6.44. The van der Waals surface area contributed by atoms with Gasteiger partial charge in [0.2, 0.25) is 5.91 Å². The van der Waals surface area contributed by atoms with Crippen LogP contribution in [0.15, 0.2) is 12.2 Å². The summed E-state index contributed by atoms with van der Waals surface area (Å²) in [4.78, 5) is 13.2. The van der Waals surface area contributed by atoms with Crippen LogP contribution in [0.2, 0.25) is 0 Å². The van der Waals surface area contributed by atoms with Crippen LogP contribution in [-0.2, 0) is 14.9 Å². The molecule has 0 aliphatic carbocycles. The predicted molar refractivity (Wildman–Crippen MR) is 130 cm³/mol. The number of hydrogen-bond acceptors (Lipinski definition) is 4. The van der Waals surface area contributed by atoms with Gasteiger partial charge in [0.1, 0.15) is 0 Å². The van der Waals surface area contributed by atoms with Crippen molar-refractivity contribution in [3.8, 4) is 0 Å². The van der Waals surface area contributed by atoms with Crippen molar-refractivity contribution in [2.24, 2.45) is 0 Å². The fourth-order valence-electron chi connectivity index (χ4n) is 3.62. The molecule has 0 spiro atoms. The fourth-order valence-corrected chi connectivity index (χ4v) is 4.12. The maximum Gasteiger partial charge on any atom is 1.00 e. The summed E-state index contributed by atoms with van der Waals surface area (Å²) in [5.74, 6) is -0.588. The van der Waals surface area contributed by atoms with E-state index in [1.807, 2.05) is 0 Å². The Bertz CT molecular complexity index is 552. The van der Waals surface area contributed by atoms with Gasteiger partial charge in [0, 0.05) is 20.0 Å². The maximum atomic E-state index is 11.9. The standard InChI is InChI=1S/C25H49NO4S.Na/c1-3-4-5-6-7-8-9-10-11-12-13-14-15-16-17-18-19-20-21-22-25(27)26(2)23-24-31(28,29)30;/h10-11H,3-9,12-24H2,1-2H3,(H,28,29,30);/q;+1/p-1/b11-10+;. The Labute approximate surface area is 221 Å². The third kappa shape index (κ3) is 26.4. The molecule has 0 fully saturated rings. The first-order chi connectivity index (χ1) is 14.9. The Hall–Kier alpha value is 0.120. The summed E-state index contributed by atoms with van der Waals surface area (Å²) in [5.41, 5.74) is 0. The van der Waals surface area contributed by atoms with Crippen molar-refractivity contribution in [1.29, 1.82) is 0 Å². The van der Waals surface area contributed by atoms with Crippen LogP contribution in [0, 0.1) is 0 Å². The van der Waals surface area contributed by atoms with Crippen LogP contribution in [0.5, 0.6) is 0 Å². The Morgan fingerprint density at radius 3 is 1.59 bits per heavy atom. The summed E-state index contributed by atoms with van der Waals surface area (Å²) in [6, 6.07) is 0. The third-order valence-electron chi connectivity index (χ3n) is 5.75. The Kier molecular flexibility index (Phi) is 26.0. The zero-order valence-electron chi connectivity index (χ0n) is 21.3. The molecule has 184 valence electrons. The van der Waals surface area contributed by atoms with Gasteiger partial charge in [-0.25, -0.2) is 8.42 Å². The van der Waals surface area contributed by atoms with E-state index in [1.165, 1.54) is 94.8 Å². The second-order valence-corrected chi connectivity index (χ2v) is 10.3. The summed E-state index contributed by atoms with van der Waals surface area (Å²) in [5, 5.41) is 0. The van der Waals surface area contributed by atoms with E-state index < -0.39 is 15.9 Å². The van der Waals surface area contributed by atoms with Gasteiger partial charge in [-0.1, -0.05) is 96.1 Å². The van der Waals surface area contributed by atoms with Gasteiger partial charge in [0.05, 0.1) is 15.9 Å². The van der Waals surface area contributed by atoms with Crippen LogP contribution >= 0.6 is 0 Å². The van der Waals surface area contributed by atoms with Gasteiger partial charge in [-0.2, -0.15) is 0 Å². The quantitative estimate of drug-likeness (QED) is 0.102. The molecule has 0 saturated heterocycles. The summed E-state index contributed by atoms with van der Waals surface area (Å²) in [6.45, 7) is 2.25. The molecule has 5 nitrogen and oxygen atoms in total. The summed E-state index contributed by atoms with van der Waals surface area (Å²) in [7, 11) is -2.70. The smallest absolute Gasteiger partial charge is 0.748 e. The van der Waals surface area contributed by atoms with E-state index in [0.29, 0.717) is 6.42 Å². The van der Waals surface area contributed by atoms with Crippen LogP contribution in [0.1, 0.15) is 122 Å². The molecule has 0 atom stereocenters. The van der Waals surface area contributed by atoms with Crippen molar-refractivity contribution in [3.63, 3.8) is 0 Å². The van der Waals surface area contributed by atoms with Gasteiger partial charge in [-0.15, -0.1) is 0 Å². The number of hydrogen-bond donors (Lipinski definition) is 0. The van der Waals surface area contributed by atoms with Crippen molar-refractivity contribution in [2.75, 3.05) is 19.3 Å². The molecule has 0 radical (unpaired) electrons. The van der Waals surface area contributed by atoms with E-state index >= 15 is 0 Å². The van der Waals surface area contributed by atoms with Crippen LogP contribution < -0.4 is 29.6 Å². The fraction of sp³-hybridized carbons (Fsp3) is 0.880. The molecule has 0 heterocycles. The first-order valence-corrected chi connectivity index (χ1v) is 14.3. The molecular formula is C25H48NNaO4S. The maximum absolute atomic E-state index is 11.9. The van der Waals surface area contributed by atoms with Crippen LogP contribution in [0.25, 0.3) is 0 Å². The monoisotopic (exact) mass is 481 g/mol. The van der Waals surface area contributed by atoms with Crippen LogP contribution in [-0.4, -0.2) is 43.1 Å². The van der Waals surface area contributed by atoms with E-state index in [1.54, 1.807) is 7.05 Å². The first-order valence-electron chi connectivity index (χ1n) is 12.7. The van der Waals surface area contributed by atoms with Crippen molar-refractivity contribution >= 4 is 16.0 Å². The topological polar surface area (TPSA) is 77.5 Å². The molecular weight excluding hydrogens is 433 g/mol. The minimum Gasteiger partial charge on any atom is -0.748 e. The molecule has 0 N–H and O–H groups in total. The Balaban J connectivity index is 0. The van der Waals surface area contributed by atoms with E-state index in [4.69, 9.17) is 0 Å². The molecule has 0 aromatic rings. The molecule has 1 amide bonds. The van der Waals surface area contributed by atoms with Crippen molar-refractivity contribution in [1.82, 2.24) is 4.90 Å². The summed E-state index contributed by atoms with van der Waals surface area (Å²) >= 11 is 0.